The van der Waals surface area contributed by atoms with E-state index in [1.807, 2.05) is 54.9 Å². The van der Waals surface area contributed by atoms with Gasteiger partial charge in [0.1, 0.15) is 5.78 Å². The van der Waals surface area contributed by atoms with Gasteiger partial charge in [0.25, 0.3) is 0 Å². The SMILES string of the molecule is CCn1nc(C)cc1CC(=O)CCC(N)c1ccccc1. The molecule has 0 bridgehead atoms. The van der Waals surface area contributed by atoms with Gasteiger partial charge in [-0.2, -0.15) is 5.10 Å². The van der Waals surface area contributed by atoms with E-state index in [0.717, 1.165) is 23.5 Å². The van der Waals surface area contributed by atoms with Crippen LogP contribution < -0.4 is 5.73 Å². The van der Waals surface area contributed by atoms with E-state index in [-0.39, 0.29) is 11.8 Å². The molecule has 0 saturated heterocycles. The molecular weight excluding hydrogens is 262 g/mol. The number of aryl methyl sites for hydroxylation is 2. The summed E-state index contributed by atoms with van der Waals surface area (Å²) in [5.41, 5.74) is 9.16. The van der Waals surface area contributed by atoms with Gasteiger partial charge >= 0.3 is 0 Å². The van der Waals surface area contributed by atoms with Gasteiger partial charge in [0.2, 0.25) is 0 Å². The minimum absolute atomic E-state index is 0.0760. The Balaban J connectivity index is 1.87. The molecule has 2 N–H and O–H groups in total. The lowest BCUT2D eigenvalue weighted by atomic mass is 10.0. The molecule has 0 aliphatic heterocycles. The first-order valence-corrected chi connectivity index (χ1v) is 7.45. The van der Waals surface area contributed by atoms with E-state index in [4.69, 9.17) is 5.73 Å². The molecule has 0 aliphatic carbocycles. The van der Waals surface area contributed by atoms with Crippen molar-refractivity contribution in [2.24, 2.45) is 5.73 Å². The molecule has 0 aliphatic rings. The summed E-state index contributed by atoms with van der Waals surface area (Å²) in [5, 5.41) is 4.36. The summed E-state index contributed by atoms with van der Waals surface area (Å²) in [6.07, 6.45) is 1.63. The zero-order valence-corrected chi connectivity index (χ0v) is 12.7. The highest BCUT2D eigenvalue weighted by molar-refractivity contribution is 5.80. The van der Waals surface area contributed by atoms with E-state index in [1.54, 1.807) is 0 Å². The molecule has 1 heterocycles. The lowest BCUT2D eigenvalue weighted by molar-refractivity contribution is -0.118. The molecule has 1 aromatic heterocycles. The maximum Gasteiger partial charge on any atom is 0.138 e. The van der Waals surface area contributed by atoms with Crippen LogP contribution in [0, 0.1) is 6.92 Å². The molecule has 0 fully saturated rings. The summed E-state index contributed by atoms with van der Waals surface area (Å²) in [6.45, 7) is 4.77. The van der Waals surface area contributed by atoms with Gasteiger partial charge in [0, 0.05) is 31.1 Å². The Bertz CT molecular complexity index is 589. The minimum atomic E-state index is -0.0760. The highest BCUT2D eigenvalue weighted by Gasteiger charge is 2.12. The number of carbonyl (C=O) groups excluding carboxylic acids is 1. The van der Waals surface area contributed by atoms with Crippen LogP contribution in [-0.2, 0) is 17.8 Å². The lowest BCUT2D eigenvalue weighted by Crippen LogP contribution is -2.14. The third-order valence-corrected chi connectivity index (χ3v) is 3.63. The molecule has 0 radical (unpaired) electrons. The predicted octanol–water partition coefficient (Wildman–Crippen LogP) is 2.80. The Labute approximate surface area is 126 Å². The fourth-order valence-electron chi connectivity index (χ4n) is 2.49. The van der Waals surface area contributed by atoms with Crippen molar-refractivity contribution in [1.29, 1.82) is 0 Å². The molecule has 0 amide bonds. The molecule has 1 aromatic carbocycles. The average Bonchev–Trinajstić information content (AvgIpc) is 2.85. The molecule has 1 atom stereocenters. The summed E-state index contributed by atoms with van der Waals surface area (Å²) in [5.74, 6) is 0.219. The van der Waals surface area contributed by atoms with Crippen LogP contribution in [0.1, 0.15) is 42.8 Å². The molecule has 1 unspecified atom stereocenters. The van der Waals surface area contributed by atoms with Crippen molar-refractivity contribution in [2.75, 3.05) is 0 Å². The van der Waals surface area contributed by atoms with Gasteiger partial charge < -0.3 is 5.73 Å². The van der Waals surface area contributed by atoms with Crippen LogP contribution in [0.25, 0.3) is 0 Å². The fraction of sp³-hybridized carbons (Fsp3) is 0.412. The van der Waals surface area contributed by atoms with Gasteiger partial charge in [-0.25, -0.2) is 0 Å². The molecule has 21 heavy (non-hydrogen) atoms. The highest BCUT2D eigenvalue weighted by Crippen LogP contribution is 2.16. The van der Waals surface area contributed by atoms with Gasteiger partial charge in [-0.1, -0.05) is 30.3 Å². The molecule has 4 nitrogen and oxygen atoms in total. The third-order valence-electron chi connectivity index (χ3n) is 3.63. The number of hydrogen-bond acceptors (Lipinski definition) is 3. The van der Waals surface area contributed by atoms with Crippen LogP contribution >= 0.6 is 0 Å². The number of hydrogen-bond donors (Lipinski definition) is 1. The Morgan fingerprint density at radius 3 is 2.71 bits per heavy atom. The summed E-state index contributed by atoms with van der Waals surface area (Å²) in [7, 11) is 0. The number of Topliss-reactive ketones (excluding diaryl/α,β-unsaturated/α-hetero) is 1. The second kappa shape index (κ2) is 7.18. The van der Waals surface area contributed by atoms with Crippen molar-refractivity contribution in [3.05, 3.63) is 53.3 Å². The largest absolute Gasteiger partial charge is 0.324 e. The molecule has 2 aromatic rings. The van der Waals surface area contributed by atoms with E-state index in [2.05, 4.69) is 5.10 Å². The number of carbonyl (C=O) groups is 1. The maximum atomic E-state index is 12.1. The summed E-state index contributed by atoms with van der Waals surface area (Å²) in [6, 6.07) is 11.8. The second-order valence-corrected chi connectivity index (χ2v) is 5.36. The standard InChI is InChI=1S/C17H23N3O/c1-3-20-15(11-13(2)19-20)12-16(21)9-10-17(18)14-7-5-4-6-8-14/h4-8,11,17H,3,9-10,12,18H2,1-2H3. The van der Waals surface area contributed by atoms with Gasteiger partial charge in [0.05, 0.1) is 5.69 Å². The van der Waals surface area contributed by atoms with Crippen molar-refractivity contribution in [3.63, 3.8) is 0 Å². The normalized spacial score (nSPS) is 12.3. The molecule has 4 heteroatoms. The van der Waals surface area contributed by atoms with Crippen molar-refractivity contribution >= 4 is 5.78 Å². The predicted molar refractivity (Wildman–Crippen MR) is 84.0 cm³/mol. The van der Waals surface area contributed by atoms with Crippen LogP contribution in [-0.4, -0.2) is 15.6 Å². The van der Waals surface area contributed by atoms with E-state index < -0.39 is 0 Å². The van der Waals surface area contributed by atoms with Crippen molar-refractivity contribution in [1.82, 2.24) is 9.78 Å². The molecular formula is C17H23N3O. The zero-order valence-electron chi connectivity index (χ0n) is 12.7. The quantitative estimate of drug-likeness (QED) is 0.851. The first-order valence-electron chi connectivity index (χ1n) is 7.45. The van der Waals surface area contributed by atoms with Crippen molar-refractivity contribution < 1.29 is 4.79 Å². The van der Waals surface area contributed by atoms with Gasteiger partial charge in [-0.15, -0.1) is 0 Å². The lowest BCUT2D eigenvalue weighted by Gasteiger charge is -2.11. The van der Waals surface area contributed by atoms with Gasteiger partial charge in [-0.05, 0) is 31.9 Å². The van der Waals surface area contributed by atoms with E-state index >= 15 is 0 Å². The van der Waals surface area contributed by atoms with Gasteiger partial charge in [-0.3, -0.25) is 9.48 Å². The zero-order chi connectivity index (χ0) is 15.2. The Hall–Kier alpha value is -1.94. The summed E-state index contributed by atoms with van der Waals surface area (Å²) >= 11 is 0. The fourth-order valence-corrected chi connectivity index (χ4v) is 2.49. The van der Waals surface area contributed by atoms with E-state index in [0.29, 0.717) is 19.3 Å². The first kappa shape index (κ1) is 15.4. The average molecular weight is 285 g/mol. The molecule has 0 saturated carbocycles. The molecule has 0 spiro atoms. The van der Waals surface area contributed by atoms with E-state index in [1.165, 1.54) is 0 Å². The summed E-state index contributed by atoms with van der Waals surface area (Å²) < 4.78 is 1.89. The van der Waals surface area contributed by atoms with Gasteiger partial charge in [0.15, 0.2) is 0 Å². The minimum Gasteiger partial charge on any atom is -0.324 e. The van der Waals surface area contributed by atoms with Crippen LogP contribution in [0.5, 0.6) is 0 Å². The number of nitrogens with zero attached hydrogens (tertiary/aromatic N) is 2. The topological polar surface area (TPSA) is 60.9 Å². The molecule has 2 rings (SSSR count). The number of aromatic nitrogens is 2. The smallest absolute Gasteiger partial charge is 0.138 e. The Morgan fingerprint density at radius 1 is 1.33 bits per heavy atom. The van der Waals surface area contributed by atoms with Crippen LogP contribution in [0.4, 0.5) is 0 Å². The maximum absolute atomic E-state index is 12.1. The van der Waals surface area contributed by atoms with Crippen molar-refractivity contribution in [3.8, 4) is 0 Å². The number of rotatable bonds is 7. The van der Waals surface area contributed by atoms with Crippen LogP contribution in [0.15, 0.2) is 36.4 Å². The number of nitrogens with two attached hydrogens (primary N) is 1. The highest BCUT2D eigenvalue weighted by atomic mass is 16.1. The van der Waals surface area contributed by atoms with Crippen molar-refractivity contribution in [2.45, 2.75) is 45.7 Å². The Kier molecular flexibility index (Phi) is 5.28. The second-order valence-electron chi connectivity index (χ2n) is 5.36. The third kappa shape index (κ3) is 4.26. The summed E-state index contributed by atoms with van der Waals surface area (Å²) in [4.78, 5) is 12.1. The van der Waals surface area contributed by atoms with E-state index in [9.17, 15) is 4.79 Å². The first-order chi connectivity index (χ1) is 10.1. The van der Waals surface area contributed by atoms with Crippen LogP contribution in [0.2, 0.25) is 0 Å². The Morgan fingerprint density at radius 2 is 2.05 bits per heavy atom. The number of benzene rings is 1. The number of ketones is 1. The monoisotopic (exact) mass is 285 g/mol. The molecule has 112 valence electrons. The van der Waals surface area contributed by atoms with Crippen LogP contribution in [0.3, 0.4) is 0 Å².